The summed E-state index contributed by atoms with van der Waals surface area (Å²) in [4.78, 5) is 14.9. The number of carbonyl (C=O) groups excluding carboxylic acids is 1. The Labute approximate surface area is 148 Å². The Morgan fingerprint density at radius 3 is 2.54 bits per heavy atom. The minimum absolute atomic E-state index is 0.193. The summed E-state index contributed by atoms with van der Waals surface area (Å²) in [6.07, 6.45) is 5.76. The summed E-state index contributed by atoms with van der Waals surface area (Å²) in [6.45, 7) is 7.28. The zero-order valence-corrected chi connectivity index (χ0v) is 16.0. The molecule has 1 aliphatic heterocycles. The molecule has 2 unspecified atom stereocenters. The smallest absolute Gasteiger partial charge is 0.410 e. The van der Waals surface area contributed by atoms with Gasteiger partial charge < -0.3 is 9.64 Å². The minimum atomic E-state index is -0.922. The van der Waals surface area contributed by atoms with Crippen molar-refractivity contribution < 1.29 is 13.7 Å². The molecule has 1 fully saturated rings. The first kappa shape index (κ1) is 19.0. The SMILES string of the molecule is CS(=O)c1ccc(CCC2CCCN(C(=O)OC(C)(C)C)C2)cc1. The van der Waals surface area contributed by atoms with Gasteiger partial charge in [-0.15, -0.1) is 0 Å². The lowest BCUT2D eigenvalue weighted by atomic mass is 9.92. The molecule has 0 bridgehead atoms. The summed E-state index contributed by atoms with van der Waals surface area (Å²) in [5.74, 6) is 0.520. The van der Waals surface area contributed by atoms with Crippen molar-refractivity contribution in [1.29, 1.82) is 0 Å². The predicted octanol–water partition coefficient (Wildman–Crippen LogP) is 4.00. The van der Waals surface area contributed by atoms with Gasteiger partial charge in [0.15, 0.2) is 0 Å². The Morgan fingerprint density at radius 1 is 1.29 bits per heavy atom. The third-order valence-corrected chi connectivity index (χ3v) is 5.20. The van der Waals surface area contributed by atoms with Crippen molar-refractivity contribution >= 4 is 16.9 Å². The fourth-order valence-corrected chi connectivity index (χ4v) is 3.53. The number of carbonyl (C=O) groups is 1. The van der Waals surface area contributed by atoms with E-state index in [0.717, 1.165) is 43.7 Å². The molecule has 1 aromatic carbocycles. The fourth-order valence-electron chi connectivity index (χ4n) is 3.01. The van der Waals surface area contributed by atoms with Crippen molar-refractivity contribution in [2.75, 3.05) is 19.3 Å². The van der Waals surface area contributed by atoms with E-state index in [-0.39, 0.29) is 6.09 Å². The highest BCUT2D eigenvalue weighted by Gasteiger charge is 2.27. The third kappa shape index (κ3) is 5.93. The largest absolute Gasteiger partial charge is 0.444 e. The average Bonchev–Trinajstić information content (AvgIpc) is 2.52. The number of benzene rings is 1. The Morgan fingerprint density at radius 2 is 1.96 bits per heavy atom. The number of nitrogens with zero attached hydrogens (tertiary/aromatic N) is 1. The molecule has 1 aliphatic rings. The van der Waals surface area contributed by atoms with Gasteiger partial charge in [-0.1, -0.05) is 12.1 Å². The summed E-state index contributed by atoms with van der Waals surface area (Å²) in [5, 5.41) is 0. The minimum Gasteiger partial charge on any atom is -0.444 e. The first-order chi connectivity index (χ1) is 11.2. The van der Waals surface area contributed by atoms with Crippen LogP contribution in [-0.2, 0) is 22.0 Å². The van der Waals surface area contributed by atoms with Crippen LogP contribution in [0.2, 0.25) is 0 Å². The van der Waals surface area contributed by atoms with Crippen LogP contribution in [0.15, 0.2) is 29.2 Å². The molecular weight excluding hydrogens is 322 g/mol. The molecule has 0 radical (unpaired) electrons. The van der Waals surface area contributed by atoms with Gasteiger partial charge in [0.05, 0.1) is 0 Å². The van der Waals surface area contributed by atoms with Gasteiger partial charge in [0, 0.05) is 35.0 Å². The van der Waals surface area contributed by atoms with E-state index in [4.69, 9.17) is 4.74 Å². The Hall–Kier alpha value is -1.36. The number of piperidine rings is 1. The number of hydrogen-bond donors (Lipinski definition) is 0. The highest BCUT2D eigenvalue weighted by Crippen LogP contribution is 2.23. The first-order valence-electron chi connectivity index (χ1n) is 8.65. The van der Waals surface area contributed by atoms with Crippen LogP contribution in [0, 0.1) is 5.92 Å². The van der Waals surface area contributed by atoms with Crippen LogP contribution in [0.1, 0.15) is 45.6 Å². The topological polar surface area (TPSA) is 46.6 Å². The van der Waals surface area contributed by atoms with Crippen LogP contribution >= 0.6 is 0 Å². The van der Waals surface area contributed by atoms with Crippen molar-refractivity contribution in [3.8, 4) is 0 Å². The first-order valence-corrected chi connectivity index (χ1v) is 10.2. The van der Waals surface area contributed by atoms with Crippen LogP contribution in [-0.4, -0.2) is 40.1 Å². The van der Waals surface area contributed by atoms with Crippen LogP contribution in [0.5, 0.6) is 0 Å². The molecule has 0 spiro atoms. The maximum Gasteiger partial charge on any atom is 0.410 e. The molecule has 4 nitrogen and oxygen atoms in total. The molecule has 1 amide bonds. The normalized spacial score (nSPS) is 19.8. The molecule has 2 rings (SSSR count). The second-order valence-electron chi connectivity index (χ2n) is 7.57. The van der Waals surface area contributed by atoms with E-state index in [0.29, 0.717) is 5.92 Å². The predicted molar refractivity (Wildman–Crippen MR) is 97.6 cm³/mol. The van der Waals surface area contributed by atoms with E-state index in [2.05, 4.69) is 12.1 Å². The number of ether oxygens (including phenoxy) is 1. The van der Waals surface area contributed by atoms with Crippen LogP contribution in [0.25, 0.3) is 0 Å². The standard InChI is InChI=1S/C19H29NO3S/c1-19(2,3)23-18(21)20-13-5-6-16(14-20)8-7-15-9-11-17(12-10-15)24(4)22/h9-12,16H,5-8,13-14H2,1-4H3. The van der Waals surface area contributed by atoms with Crippen molar-refractivity contribution in [3.05, 3.63) is 29.8 Å². The molecule has 1 heterocycles. The maximum atomic E-state index is 12.2. The van der Waals surface area contributed by atoms with Crippen molar-refractivity contribution in [2.45, 2.75) is 57.0 Å². The van der Waals surface area contributed by atoms with E-state index < -0.39 is 16.4 Å². The molecule has 1 aromatic rings. The lowest BCUT2D eigenvalue weighted by Gasteiger charge is -2.34. The van der Waals surface area contributed by atoms with Crippen molar-refractivity contribution in [2.24, 2.45) is 5.92 Å². The molecule has 0 N–H and O–H groups in total. The molecule has 134 valence electrons. The van der Waals surface area contributed by atoms with Crippen LogP contribution in [0.4, 0.5) is 4.79 Å². The molecule has 24 heavy (non-hydrogen) atoms. The van der Waals surface area contributed by atoms with Gasteiger partial charge in [0.2, 0.25) is 0 Å². The van der Waals surface area contributed by atoms with Gasteiger partial charge in [-0.3, -0.25) is 4.21 Å². The maximum absolute atomic E-state index is 12.2. The molecule has 2 atom stereocenters. The number of amides is 1. The lowest BCUT2D eigenvalue weighted by Crippen LogP contribution is -2.42. The quantitative estimate of drug-likeness (QED) is 0.823. The molecule has 5 heteroatoms. The summed E-state index contributed by atoms with van der Waals surface area (Å²) in [6, 6.07) is 8.01. The number of likely N-dealkylation sites (tertiary alicyclic amines) is 1. The van der Waals surface area contributed by atoms with Crippen molar-refractivity contribution in [1.82, 2.24) is 4.90 Å². The molecule has 0 aromatic heterocycles. The van der Waals surface area contributed by atoms with Crippen LogP contribution in [0.3, 0.4) is 0 Å². The van der Waals surface area contributed by atoms with E-state index in [9.17, 15) is 9.00 Å². The average molecular weight is 352 g/mol. The van der Waals surface area contributed by atoms with Gasteiger partial charge >= 0.3 is 6.09 Å². The Balaban J connectivity index is 1.84. The summed E-state index contributed by atoms with van der Waals surface area (Å²) in [7, 11) is -0.922. The zero-order chi connectivity index (χ0) is 17.7. The highest BCUT2D eigenvalue weighted by atomic mass is 32.2. The summed E-state index contributed by atoms with van der Waals surface area (Å²) in [5.41, 5.74) is 0.823. The second-order valence-corrected chi connectivity index (χ2v) is 8.95. The van der Waals surface area contributed by atoms with Crippen LogP contribution < -0.4 is 0 Å². The summed E-state index contributed by atoms with van der Waals surface area (Å²) >= 11 is 0. The number of hydrogen-bond acceptors (Lipinski definition) is 3. The Kier molecular flexibility index (Phi) is 6.44. The van der Waals surface area contributed by atoms with Gasteiger partial charge in [-0.05, 0) is 70.1 Å². The van der Waals surface area contributed by atoms with Gasteiger partial charge in [0.1, 0.15) is 5.60 Å². The van der Waals surface area contributed by atoms with Crippen molar-refractivity contribution in [3.63, 3.8) is 0 Å². The van der Waals surface area contributed by atoms with Gasteiger partial charge in [-0.25, -0.2) is 4.79 Å². The third-order valence-electron chi connectivity index (χ3n) is 4.27. The summed E-state index contributed by atoms with van der Waals surface area (Å²) < 4.78 is 16.9. The highest BCUT2D eigenvalue weighted by molar-refractivity contribution is 7.84. The van der Waals surface area contributed by atoms with E-state index in [1.165, 1.54) is 5.56 Å². The number of rotatable bonds is 4. The second kappa shape index (κ2) is 8.15. The number of aryl methyl sites for hydroxylation is 1. The zero-order valence-electron chi connectivity index (χ0n) is 15.2. The van der Waals surface area contributed by atoms with Gasteiger partial charge in [0.25, 0.3) is 0 Å². The van der Waals surface area contributed by atoms with E-state index in [1.54, 1.807) is 6.26 Å². The molecule has 0 aliphatic carbocycles. The van der Waals surface area contributed by atoms with E-state index >= 15 is 0 Å². The fraction of sp³-hybridized carbons (Fsp3) is 0.632. The molecular formula is C19H29NO3S. The Bertz CT molecular complexity index is 577. The monoisotopic (exact) mass is 351 g/mol. The molecule has 1 saturated heterocycles. The molecule has 0 saturated carbocycles. The van der Waals surface area contributed by atoms with Gasteiger partial charge in [-0.2, -0.15) is 0 Å². The lowest BCUT2D eigenvalue weighted by molar-refractivity contribution is 0.0162. The van der Waals surface area contributed by atoms with E-state index in [1.807, 2.05) is 37.8 Å².